The molecule has 5 nitrogen and oxygen atoms in total. The van der Waals surface area contributed by atoms with Crippen LogP contribution in [0.25, 0.3) is 0 Å². The summed E-state index contributed by atoms with van der Waals surface area (Å²) in [7, 11) is -3.42. The smallest absolute Gasteiger partial charge is 0.239 e. The van der Waals surface area contributed by atoms with Crippen LogP contribution < -0.4 is 11.1 Å². The molecule has 0 aliphatic carbocycles. The Kier molecular flexibility index (Phi) is 5.50. The molecule has 106 valence electrons. The van der Waals surface area contributed by atoms with Crippen molar-refractivity contribution in [3.63, 3.8) is 0 Å². The van der Waals surface area contributed by atoms with E-state index in [0.717, 1.165) is 5.56 Å². The largest absolute Gasteiger partial charge is 0.329 e. The van der Waals surface area contributed by atoms with Gasteiger partial charge in [0.15, 0.2) is 9.84 Å². The number of carbonyl (C=O) groups is 1. The zero-order valence-electron chi connectivity index (χ0n) is 11.2. The SMILES string of the molecule is CC(C)c1ccccc1NC(=O)CS(=O)(=O)CCN. The third-order valence-corrected chi connectivity index (χ3v) is 4.20. The molecule has 0 unspecified atom stereocenters. The lowest BCUT2D eigenvalue weighted by molar-refractivity contribution is -0.113. The highest BCUT2D eigenvalue weighted by Gasteiger charge is 2.17. The van der Waals surface area contributed by atoms with E-state index in [4.69, 9.17) is 5.73 Å². The van der Waals surface area contributed by atoms with Gasteiger partial charge in [0.25, 0.3) is 0 Å². The van der Waals surface area contributed by atoms with Gasteiger partial charge in [0, 0.05) is 12.2 Å². The maximum Gasteiger partial charge on any atom is 0.239 e. The molecule has 19 heavy (non-hydrogen) atoms. The Morgan fingerprint density at radius 3 is 2.53 bits per heavy atom. The topological polar surface area (TPSA) is 89.3 Å². The quantitative estimate of drug-likeness (QED) is 0.819. The standard InChI is InChI=1S/C13H20N2O3S/c1-10(2)11-5-3-4-6-12(11)15-13(16)9-19(17,18)8-7-14/h3-6,10H,7-9,14H2,1-2H3,(H,15,16). The van der Waals surface area contributed by atoms with Crippen LogP contribution in [0.3, 0.4) is 0 Å². The number of sulfone groups is 1. The molecule has 0 spiro atoms. The molecular weight excluding hydrogens is 264 g/mol. The molecule has 0 fully saturated rings. The normalized spacial score (nSPS) is 11.6. The van der Waals surface area contributed by atoms with E-state index in [2.05, 4.69) is 5.32 Å². The van der Waals surface area contributed by atoms with Crippen LogP contribution in [0.5, 0.6) is 0 Å². The molecule has 0 saturated carbocycles. The van der Waals surface area contributed by atoms with Gasteiger partial charge >= 0.3 is 0 Å². The van der Waals surface area contributed by atoms with Crippen molar-refractivity contribution in [1.82, 2.24) is 0 Å². The van der Waals surface area contributed by atoms with Crippen LogP contribution in [0.4, 0.5) is 5.69 Å². The number of nitrogens with one attached hydrogen (secondary N) is 1. The molecule has 0 bridgehead atoms. The lowest BCUT2D eigenvalue weighted by Crippen LogP contribution is -2.27. The molecule has 0 heterocycles. The summed E-state index contributed by atoms with van der Waals surface area (Å²) in [5.74, 6) is -0.984. The molecule has 1 rings (SSSR count). The Morgan fingerprint density at radius 2 is 1.95 bits per heavy atom. The van der Waals surface area contributed by atoms with Gasteiger partial charge in [-0.05, 0) is 17.5 Å². The molecule has 1 amide bonds. The third-order valence-electron chi connectivity index (χ3n) is 2.64. The van der Waals surface area contributed by atoms with Crippen LogP contribution in [0, 0.1) is 0 Å². The summed E-state index contributed by atoms with van der Waals surface area (Å²) in [4.78, 5) is 11.7. The summed E-state index contributed by atoms with van der Waals surface area (Å²) >= 11 is 0. The minimum absolute atomic E-state index is 0.0260. The molecular formula is C13H20N2O3S. The number of hydrogen-bond acceptors (Lipinski definition) is 4. The summed E-state index contributed by atoms with van der Waals surface area (Å²) < 4.78 is 23.0. The highest BCUT2D eigenvalue weighted by atomic mass is 32.2. The number of amides is 1. The molecule has 3 N–H and O–H groups in total. The predicted molar refractivity (Wildman–Crippen MR) is 76.9 cm³/mol. The van der Waals surface area contributed by atoms with E-state index in [1.807, 2.05) is 26.0 Å². The van der Waals surface area contributed by atoms with Crippen LogP contribution in [-0.2, 0) is 14.6 Å². The second-order valence-corrected chi connectivity index (χ2v) is 6.85. The average molecular weight is 284 g/mol. The van der Waals surface area contributed by atoms with Gasteiger partial charge in [0.2, 0.25) is 5.91 Å². The van der Waals surface area contributed by atoms with Gasteiger partial charge in [0.05, 0.1) is 5.75 Å². The fraction of sp³-hybridized carbons (Fsp3) is 0.462. The van der Waals surface area contributed by atoms with Gasteiger partial charge < -0.3 is 11.1 Å². The van der Waals surface area contributed by atoms with E-state index in [1.54, 1.807) is 12.1 Å². The Balaban J connectivity index is 2.78. The summed E-state index contributed by atoms with van der Waals surface area (Å²) in [6, 6.07) is 7.36. The molecule has 0 aliphatic rings. The zero-order valence-corrected chi connectivity index (χ0v) is 12.0. The Labute approximate surface area is 114 Å². The first-order valence-electron chi connectivity index (χ1n) is 6.15. The van der Waals surface area contributed by atoms with Crippen LogP contribution in [0.15, 0.2) is 24.3 Å². The highest BCUT2D eigenvalue weighted by molar-refractivity contribution is 7.92. The highest BCUT2D eigenvalue weighted by Crippen LogP contribution is 2.23. The van der Waals surface area contributed by atoms with E-state index in [-0.39, 0.29) is 18.2 Å². The van der Waals surface area contributed by atoms with E-state index in [1.165, 1.54) is 0 Å². The molecule has 0 aromatic heterocycles. The van der Waals surface area contributed by atoms with Crippen LogP contribution in [-0.4, -0.2) is 32.4 Å². The van der Waals surface area contributed by atoms with Gasteiger partial charge in [-0.25, -0.2) is 8.42 Å². The van der Waals surface area contributed by atoms with E-state index < -0.39 is 21.5 Å². The molecule has 0 aliphatic heterocycles. The number of rotatable bonds is 6. The van der Waals surface area contributed by atoms with E-state index >= 15 is 0 Å². The number of nitrogens with two attached hydrogens (primary N) is 1. The summed E-state index contributed by atoms with van der Waals surface area (Å²) in [6.07, 6.45) is 0. The summed E-state index contributed by atoms with van der Waals surface area (Å²) in [5.41, 5.74) is 6.83. The fourth-order valence-electron chi connectivity index (χ4n) is 1.75. The molecule has 6 heteroatoms. The van der Waals surface area contributed by atoms with Gasteiger partial charge in [-0.15, -0.1) is 0 Å². The lowest BCUT2D eigenvalue weighted by atomic mass is 10.0. The number of carbonyl (C=O) groups excluding carboxylic acids is 1. The summed E-state index contributed by atoms with van der Waals surface area (Å²) in [6.45, 7) is 4.05. The van der Waals surface area contributed by atoms with Gasteiger partial charge in [-0.2, -0.15) is 0 Å². The monoisotopic (exact) mass is 284 g/mol. The average Bonchev–Trinajstić information content (AvgIpc) is 2.28. The minimum atomic E-state index is -3.42. The van der Waals surface area contributed by atoms with Crippen molar-refractivity contribution in [2.24, 2.45) is 5.73 Å². The van der Waals surface area contributed by atoms with Crippen molar-refractivity contribution in [1.29, 1.82) is 0 Å². The maximum atomic E-state index is 11.7. The third kappa shape index (κ3) is 5.00. The van der Waals surface area contributed by atoms with E-state index in [0.29, 0.717) is 5.69 Å². The van der Waals surface area contributed by atoms with Crippen molar-refractivity contribution >= 4 is 21.4 Å². The number of hydrogen-bond donors (Lipinski definition) is 2. The molecule has 0 saturated heterocycles. The van der Waals surface area contributed by atoms with Crippen molar-refractivity contribution in [3.05, 3.63) is 29.8 Å². The molecule has 1 aromatic rings. The fourth-order valence-corrected chi connectivity index (χ4v) is 2.73. The maximum absolute atomic E-state index is 11.7. The Hall–Kier alpha value is -1.40. The predicted octanol–water partition coefficient (Wildman–Crippen LogP) is 1.12. The van der Waals surface area contributed by atoms with Gasteiger partial charge in [-0.3, -0.25) is 4.79 Å². The molecule has 1 aromatic carbocycles. The van der Waals surface area contributed by atoms with Gasteiger partial charge in [0.1, 0.15) is 5.75 Å². The van der Waals surface area contributed by atoms with Crippen LogP contribution in [0.1, 0.15) is 25.3 Å². The number of benzene rings is 1. The first kappa shape index (κ1) is 15.7. The first-order chi connectivity index (χ1) is 8.85. The minimum Gasteiger partial charge on any atom is -0.329 e. The lowest BCUT2D eigenvalue weighted by Gasteiger charge is -2.13. The first-order valence-corrected chi connectivity index (χ1v) is 7.97. The second-order valence-electron chi connectivity index (χ2n) is 4.67. The Bertz CT molecular complexity index is 539. The molecule has 0 atom stereocenters. The molecule has 0 radical (unpaired) electrons. The van der Waals surface area contributed by atoms with Crippen molar-refractivity contribution in [2.45, 2.75) is 19.8 Å². The number of anilines is 1. The van der Waals surface area contributed by atoms with E-state index in [9.17, 15) is 13.2 Å². The summed E-state index contributed by atoms with van der Waals surface area (Å²) in [5, 5.41) is 2.65. The Morgan fingerprint density at radius 1 is 1.32 bits per heavy atom. The van der Waals surface area contributed by atoms with Gasteiger partial charge in [-0.1, -0.05) is 32.0 Å². The van der Waals surface area contributed by atoms with Crippen molar-refractivity contribution in [3.8, 4) is 0 Å². The number of para-hydroxylation sites is 1. The van der Waals surface area contributed by atoms with Crippen molar-refractivity contribution < 1.29 is 13.2 Å². The second kappa shape index (κ2) is 6.68. The van der Waals surface area contributed by atoms with Crippen molar-refractivity contribution in [2.75, 3.05) is 23.4 Å². The van der Waals surface area contributed by atoms with Crippen LogP contribution >= 0.6 is 0 Å². The van der Waals surface area contributed by atoms with Crippen LogP contribution in [0.2, 0.25) is 0 Å². The zero-order chi connectivity index (χ0) is 14.5.